The molecule has 2 N–H and O–H groups in total. The number of para-hydroxylation sites is 1. The number of carbonyl (C=O) groups excluding carboxylic acids is 1. The maximum atomic E-state index is 12.4. The fourth-order valence-electron chi connectivity index (χ4n) is 2.49. The summed E-state index contributed by atoms with van der Waals surface area (Å²) in [6.07, 6.45) is 2.30. The van der Waals surface area contributed by atoms with E-state index in [4.69, 9.17) is 23.2 Å². The number of fused-ring (bicyclic) bond motifs is 1. The number of hydrogen-bond acceptors (Lipinski definition) is 2. The van der Waals surface area contributed by atoms with Crippen molar-refractivity contribution >= 4 is 45.7 Å². The van der Waals surface area contributed by atoms with E-state index in [2.05, 4.69) is 15.5 Å². The van der Waals surface area contributed by atoms with Crippen LogP contribution in [0.25, 0.3) is 10.9 Å². The first-order chi connectivity index (χ1) is 11.6. The van der Waals surface area contributed by atoms with E-state index in [9.17, 15) is 4.79 Å². The average molecular weight is 360 g/mol. The first kappa shape index (κ1) is 16.6. The molecule has 3 aromatic rings. The molecule has 122 valence electrons. The number of H-pyrrole nitrogens is 1. The lowest BCUT2D eigenvalue weighted by Gasteiger charge is -2.07. The van der Waals surface area contributed by atoms with Gasteiger partial charge in [0.25, 0.3) is 5.91 Å². The molecule has 0 saturated heterocycles. The van der Waals surface area contributed by atoms with E-state index in [1.807, 2.05) is 31.2 Å². The summed E-state index contributed by atoms with van der Waals surface area (Å²) in [5, 5.41) is 6.16. The van der Waals surface area contributed by atoms with E-state index in [0.29, 0.717) is 27.7 Å². The van der Waals surface area contributed by atoms with Crippen LogP contribution in [0.5, 0.6) is 0 Å². The standard InChI is InChI=1S/C18H15Cl2N3O/c1-2-16(13-8-7-11(19)9-15(13)20)22-23-18(24)14-10-21-17-6-4-3-5-12(14)17/h3-10,21H,2H2,1H3,(H,23,24). The number of aromatic nitrogens is 1. The van der Waals surface area contributed by atoms with Crippen LogP contribution in [0, 0.1) is 0 Å². The van der Waals surface area contributed by atoms with E-state index < -0.39 is 0 Å². The van der Waals surface area contributed by atoms with Gasteiger partial charge in [0.1, 0.15) is 0 Å². The number of hydrazone groups is 1. The third-order valence-electron chi connectivity index (χ3n) is 3.70. The highest BCUT2D eigenvalue weighted by atomic mass is 35.5. The molecule has 0 bridgehead atoms. The SMILES string of the molecule is CCC(=NNC(=O)c1c[nH]c2ccccc12)c1ccc(Cl)cc1Cl. The summed E-state index contributed by atoms with van der Waals surface area (Å²) >= 11 is 12.1. The summed E-state index contributed by atoms with van der Waals surface area (Å²) in [5.74, 6) is -0.275. The third-order valence-corrected chi connectivity index (χ3v) is 4.25. The quantitative estimate of drug-likeness (QED) is 0.498. The van der Waals surface area contributed by atoms with E-state index >= 15 is 0 Å². The van der Waals surface area contributed by atoms with Crippen molar-refractivity contribution in [3.05, 3.63) is 69.8 Å². The number of nitrogens with zero attached hydrogens (tertiary/aromatic N) is 1. The molecule has 0 aliphatic rings. The van der Waals surface area contributed by atoms with Crippen molar-refractivity contribution in [1.29, 1.82) is 0 Å². The zero-order valence-corrected chi connectivity index (χ0v) is 14.4. The van der Waals surface area contributed by atoms with E-state index in [1.165, 1.54) is 0 Å². The van der Waals surface area contributed by atoms with Gasteiger partial charge in [-0.25, -0.2) is 5.43 Å². The topological polar surface area (TPSA) is 57.2 Å². The van der Waals surface area contributed by atoms with Gasteiger partial charge in [0, 0.05) is 27.7 Å². The molecule has 0 fully saturated rings. The molecule has 1 amide bonds. The molecule has 24 heavy (non-hydrogen) atoms. The number of hydrogen-bond donors (Lipinski definition) is 2. The zero-order valence-electron chi connectivity index (χ0n) is 12.9. The first-order valence-corrected chi connectivity index (χ1v) is 8.24. The number of aromatic amines is 1. The molecule has 6 heteroatoms. The smallest absolute Gasteiger partial charge is 0.273 e. The molecular weight excluding hydrogens is 345 g/mol. The second kappa shape index (κ2) is 7.07. The summed E-state index contributed by atoms with van der Waals surface area (Å²) in [5.41, 5.74) is 5.50. The predicted molar refractivity (Wildman–Crippen MR) is 99.1 cm³/mol. The molecule has 0 spiro atoms. The van der Waals surface area contributed by atoms with Crippen LogP contribution in [-0.2, 0) is 0 Å². The van der Waals surface area contributed by atoms with Crippen LogP contribution in [0.1, 0.15) is 29.3 Å². The van der Waals surface area contributed by atoms with Crippen LogP contribution in [0.15, 0.2) is 53.8 Å². The Morgan fingerprint density at radius 1 is 1.17 bits per heavy atom. The lowest BCUT2D eigenvalue weighted by Crippen LogP contribution is -2.19. The molecule has 0 aliphatic heterocycles. The Morgan fingerprint density at radius 3 is 2.71 bits per heavy atom. The van der Waals surface area contributed by atoms with Crippen molar-refractivity contribution < 1.29 is 4.79 Å². The minimum absolute atomic E-state index is 0.275. The predicted octanol–water partition coefficient (Wildman–Crippen LogP) is 5.02. The summed E-state index contributed by atoms with van der Waals surface area (Å²) < 4.78 is 0. The van der Waals surface area contributed by atoms with Crippen molar-refractivity contribution in [2.45, 2.75) is 13.3 Å². The van der Waals surface area contributed by atoms with Gasteiger partial charge in [0.15, 0.2) is 0 Å². The third kappa shape index (κ3) is 3.30. The van der Waals surface area contributed by atoms with Crippen molar-refractivity contribution in [1.82, 2.24) is 10.4 Å². The van der Waals surface area contributed by atoms with Crippen molar-refractivity contribution in [3.63, 3.8) is 0 Å². The fraction of sp³-hybridized carbons (Fsp3) is 0.111. The highest BCUT2D eigenvalue weighted by Crippen LogP contribution is 2.22. The number of nitrogens with one attached hydrogen (secondary N) is 2. The Labute approximate surface area is 149 Å². The molecule has 0 aliphatic carbocycles. The molecule has 0 saturated carbocycles. The molecule has 4 nitrogen and oxygen atoms in total. The van der Waals surface area contributed by atoms with Crippen molar-refractivity contribution in [3.8, 4) is 0 Å². The minimum atomic E-state index is -0.275. The van der Waals surface area contributed by atoms with Crippen LogP contribution in [0.4, 0.5) is 0 Å². The second-order valence-corrected chi connectivity index (χ2v) is 6.07. The molecule has 0 atom stereocenters. The fourth-order valence-corrected chi connectivity index (χ4v) is 3.01. The van der Waals surface area contributed by atoms with Gasteiger partial charge in [-0.3, -0.25) is 4.79 Å². The van der Waals surface area contributed by atoms with Crippen molar-refractivity contribution in [2.75, 3.05) is 0 Å². The van der Waals surface area contributed by atoms with Crippen LogP contribution < -0.4 is 5.43 Å². The Morgan fingerprint density at radius 2 is 1.96 bits per heavy atom. The first-order valence-electron chi connectivity index (χ1n) is 7.48. The van der Waals surface area contributed by atoms with Gasteiger partial charge >= 0.3 is 0 Å². The Balaban J connectivity index is 1.86. The average Bonchev–Trinajstić information content (AvgIpc) is 3.01. The second-order valence-electron chi connectivity index (χ2n) is 5.23. The van der Waals surface area contributed by atoms with Gasteiger partial charge in [-0.05, 0) is 24.6 Å². The van der Waals surface area contributed by atoms with Gasteiger partial charge in [0.05, 0.1) is 16.3 Å². The van der Waals surface area contributed by atoms with Crippen LogP contribution >= 0.6 is 23.2 Å². The lowest BCUT2D eigenvalue weighted by molar-refractivity contribution is 0.0956. The normalized spacial score (nSPS) is 11.7. The maximum Gasteiger partial charge on any atom is 0.273 e. The minimum Gasteiger partial charge on any atom is -0.360 e. The molecule has 2 aromatic carbocycles. The van der Waals surface area contributed by atoms with Crippen LogP contribution in [-0.4, -0.2) is 16.6 Å². The summed E-state index contributed by atoms with van der Waals surface area (Å²) in [6, 6.07) is 12.8. The maximum absolute atomic E-state index is 12.4. The number of benzene rings is 2. The number of amides is 1. The molecule has 0 unspecified atom stereocenters. The van der Waals surface area contributed by atoms with Gasteiger partial charge in [-0.15, -0.1) is 0 Å². The molecule has 1 aromatic heterocycles. The summed E-state index contributed by atoms with van der Waals surface area (Å²) in [4.78, 5) is 15.5. The molecule has 0 radical (unpaired) electrons. The van der Waals surface area contributed by atoms with E-state index in [-0.39, 0.29) is 5.91 Å². The Kier molecular flexibility index (Phi) is 4.88. The Bertz CT molecular complexity index is 931. The monoisotopic (exact) mass is 359 g/mol. The van der Waals surface area contributed by atoms with Crippen LogP contribution in [0.3, 0.4) is 0 Å². The number of carbonyl (C=O) groups is 1. The number of rotatable bonds is 4. The van der Waals surface area contributed by atoms with Gasteiger partial charge in [0.2, 0.25) is 0 Å². The van der Waals surface area contributed by atoms with Gasteiger partial charge in [-0.1, -0.05) is 54.4 Å². The van der Waals surface area contributed by atoms with E-state index in [1.54, 1.807) is 24.4 Å². The lowest BCUT2D eigenvalue weighted by atomic mass is 10.1. The van der Waals surface area contributed by atoms with Crippen LogP contribution in [0.2, 0.25) is 10.0 Å². The highest BCUT2D eigenvalue weighted by Gasteiger charge is 2.12. The van der Waals surface area contributed by atoms with E-state index in [0.717, 1.165) is 16.5 Å². The molecule has 1 heterocycles. The largest absolute Gasteiger partial charge is 0.360 e. The summed E-state index contributed by atoms with van der Waals surface area (Å²) in [6.45, 7) is 1.95. The van der Waals surface area contributed by atoms with Gasteiger partial charge in [-0.2, -0.15) is 5.10 Å². The van der Waals surface area contributed by atoms with Gasteiger partial charge < -0.3 is 4.98 Å². The summed E-state index contributed by atoms with van der Waals surface area (Å²) in [7, 11) is 0. The zero-order chi connectivity index (χ0) is 17.1. The van der Waals surface area contributed by atoms with Crippen molar-refractivity contribution in [2.24, 2.45) is 5.10 Å². The molecular formula is C18H15Cl2N3O. The number of halogens is 2. The Hall–Kier alpha value is -2.30. The molecule has 3 rings (SSSR count). The highest BCUT2D eigenvalue weighted by molar-refractivity contribution is 6.37.